The van der Waals surface area contributed by atoms with Crippen LogP contribution in [0.25, 0.3) is 11.3 Å². The number of hydrogen-bond acceptors (Lipinski definition) is 4. The van der Waals surface area contributed by atoms with Crippen LogP contribution in [0, 0.1) is 11.6 Å². The minimum Gasteiger partial charge on any atom is -0.475 e. The number of halogens is 2. The lowest BCUT2D eigenvalue weighted by atomic mass is 10.1. The highest BCUT2D eigenvalue weighted by Crippen LogP contribution is 2.18. The average molecular weight is 370 g/mol. The summed E-state index contributed by atoms with van der Waals surface area (Å²) in [4.78, 5) is 11.7. The first-order valence-corrected chi connectivity index (χ1v) is 8.13. The van der Waals surface area contributed by atoms with Gasteiger partial charge in [0.25, 0.3) is 0 Å². The fourth-order valence-electron chi connectivity index (χ4n) is 2.20. The molecule has 27 heavy (non-hydrogen) atoms. The van der Waals surface area contributed by atoms with Crippen molar-refractivity contribution in [3.05, 3.63) is 72.3 Å². The monoisotopic (exact) mass is 370 g/mol. The van der Waals surface area contributed by atoms with Crippen molar-refractivity contribution in [3.63, 3.8) is 0 Å². The van der Waals surface area contributed by atoms with E-state index in [0.717, 1.165) is 5.56 Å². The van der Waals surface area contributed by atoms with E-state index in [1.165, 1.54) is 36.4 Å². The number of carbonyl (C=O) groups is 1. The highest BCUT2D eigenvalue weighted by molar-refractivity contribution is 5.89. The normalized spacial score (nSPS) is 10.3. The molecule has 0 aliphatic carbocycles. The third kappa shape index (κ3) is 5.46. The third-order valence-corrected chi connectivity index (χ3v) is 3.52. The minimum absolute atomic E-state index is 0.196. The molecule has 2 aromatic carbocycles. The van der Waals surface area contributed by atoms with Gasteiger partial charge >= 0.3 is 6.03 Å². The maximum absolute atomic E-state index is 12.9. The minimum atomic E-state index is -0.428. The van der Waals surface area contributed by atoms with Gasteiger partial charge in [-0.25, -0.2) is 13.6 Å². The van der Waals surface area contributed by atoms with Crippen molar-refractivity contribution in [3.8, 4) is 17.1 Å². The van der Waals surface area contributed by atoms with Crippen LogP contribution in [0.3, 0.4) is 0 Å². The summed E-state index contributed by atoms with van der Waals surface area (Å²) in [6.07, 6.45) is 0. The molecule has 2 amide bonds. The van der Waals surface area contributed by atoms with E-state index >= 15 is 0 Å². The second-order valence-electron chi connectivity index (χ2n) is 5.50. The molecule has 0 saturated carbocycles. The van der Waals surface area contributed by atoms with Crippen molar-refractivity contribution in [2.24, 2.45) is 0 Å². The maximum Gasteiger partial charge on any atom is 0.319 e. The molecule has 8 heteroatoms. The smallest absolute Gasteiger partial charge is 0.319 e. The summed E-state index contributed by atoms with van der Waals surface area (Å²) in [5, 5.41) is 13.1. The molecule has 0 atom stereocenters. The van der Waals surface area contributed by atoms with Crippen molar-refractivity contribution in [1.29, 1.82) is 0 Å². The van der Waals surface area contributed by atoms with E-state index in [0.29, 0.717) is 17.3 Å². The lowest BCUT2D eigenvalue weighted by Crippen LogP contribution is -2.32. The highest BCUT2D eigenvalue weighted by atomic mass is 19.1. The molecule has 0 unspecified atom stereocenters. The summed E-state index contributed by atoms with van der Waals surface area (Å²) < 4.78 is 31.1. The molecule has 0 aliphatic rings. The van der Waals surface area contributed by atoms with Crippen LogP contribution in [0.5, 0.6) is 5.88 Å². The largest absolute Gasteiger partial charge is 0.475 e. The van der Waals surface area contributed by atoms with Gasteiger partial charge in [-0.1, -0.05) is 0 Å². The number of amides is 2. The number of anilines is 1. The van der Waals surface area contributed by atoms with Crippen LogP contribution in [0.1, 0.15) is 0 Å². The predicted molar refractivity (Wildman–Crippen MR) is 96.3 cm³/mol. The Labute approximate surface area is 154 Å². The van der Waals surface area contributed by atoms with Gasteiger partial charge in [0, 0.05) is 17.3 Å². The van der Waals surface area contributed by atoms with Crippen LogP contribution < -0.4 is 15.4 Å². The zero-order valence-corrected chi connectivity index (χ0v) is 14.2. The van der Waals surface area contributed by atoms with Crippen molar-refractivity contribution in [1.82, 2.24) is 15.5 Å². The zero-order valence-electron chi connectivity index (χ0n) is 14.2. The Morgan fingerprint density at radius 3 is 2.19 bits per heavy atom. The first-order valence-electron chi connectivity index (χ1n) is 8.13. The third-order valence-electron chi connectivity index (χ3n) is 3.52. The number of benzene rings is 2. The van der Waals surface area contributed by atoms with E-state index in [9.17, 15) is 13.6 Å². The van der Waals surface area contributed by atoms with Crippen molar-refractivity contribution < 1.29 is 18.3 Å². The zero-order chi connectivity index (χ0) is 19.1. The Morgan fingerprint density at radius 2 is 1.56 bits per heavy atom. The quantitative estimate of drug-likeness (QED) is 0.650. The van der Waals surface area contributed by atoms with Gasteiger partial charge in [-0.2, -0.15) is 0 Å². The molecule has 138 valence electrons. The van der Waals surface area contributed by atoms with Crippen LogP contribution in [-0.2, 0) is 0 Å². The van der Waals surface area contributed by atoms with Gasteiger partial charge in [0.1, 0.15) is 18.2 Å². The van der Waals surface area contributed by atoms with Crippen molar-refractivity contribution >= 4 is 11.7 Å². The van der Waals surface area contributed by atoms with E-state index in [-0.39, 0.29) is 24.8 Å². The molecule has 0 spiro atoms. The molecule has 6 nitrogen and oxygen atoms in total. The molecule has 1 aromatic heterocycles. The Kier molecular flexibility index (Phi) is 5.88. The Morgan fingerprint density at radius 1 is 0.889 bits per heavy atom. The molecule has 3 aromatic rings. The van der Waals surface area contributed by atoms with Gasteiger partial charge in [0.2, 0.25) is 5.88 Å². The molecule has 2 N–H and O–H groups in total. The standard InChI is InChI=1S/C19H16F2N4O2/c20-14-3-1-13(2-4-14)17-9-10-18(25-24-17)27-12-11-22-19(26)23-16-7-5-15(21)6-8-16/h1-10H,11-12H2,(H2,22,23,26). The number of aromatic nitrogens is 2. The number of ether oxygens (including phenoxy) is 1. The van der Waals surface area contributed by atoms with Crippen LogP contribution in [0.4, 0.5) is 19.3 Å². The summed E-state index contributed by atoms with van der Waals surface area (Å²) in [6.45, 7) is 0.440. The van der Waals surface area contributed by atoms with Gasteiger partial charge in [-0.3, -0.25) is 0 Å². The van der Waals surface area contributed by atoms with E-state index in [1.54, 1.807) is 24.3 Å². The number of hydrogen-bond donors (Lipinski definition) is 2. The summed E-state index contributed by atoms with van der Waals surface area (Å²) in [5.74, 6) is -0.384. The number of carbonyl (C=O) groups excluding carboxylic acids is 1. The van der Waals surface area contributed by atoms with Gasteiger partial charge in [0.15, 0.2) is 0 Å². The SMILES string of the molecule is O=C(NCCOc1ccc(-c2ccc(F)cc2)nn1)Nc1ccc(F)cc1. The fourth-order valence-corrected chi connectivity index (χ4v) is 2.20. The molecule has 0 bridgehead atoms. The second kappa shape index (κ2) is 8.70. The highest BCUT2D eigenvalue weighted by Gasteiger charge is 2.04. The topological polar surface area (TPSA) is 76.1 Å². The summed E-state index contributed by atoms with van der Waals surface area (Å²) in [6, 6.07) is 14.3. The van der Waals surface area contributed by atoms with Gasteiger partial charge in [0.05, 0.1) is 12.2 Å². The van der Waals surface area contributed by atoms with Gasteiger partial charge < -0.3 is 15.4 Å². The average Bonchev–Trinajstić information content (AvgIpc) is 2.68. The Hall–Kier alpha value is -3.55. The van der Waals surface area contributed by atoms with Crippen LogP contribution in [0.15, 0.2) is 60.7 Å². The molecular formula is C19H16F2N4O2. The number of rotatable bonds is 6. The molecule has 0 fully saturated rings. The van der Waals surface area contributed by atoms with Crippen molar-refractivity contribution in [2.75, 3.05) is 18.5 Å². The summed E-state index contributed by atoms with van der Waals surface area (Å²) in [7, 11) is 0. The van der Waals surface area contributed by atoms with Crippen molar-refractivity contribution in [2.45, 2.75) is 0 Å². The van der Waals surface area contributed by atoms with Gasteiger partial charge in [-0.15, -0.1) is 10.2 Å². The number of nitrogens with zero attached hydrogens (tertiary/aromatic N) is 2. The number of nitrogens with one attached hydrogen (secondary N) is 2. The number of urea groups is 1. The van der Waals surface area contributed by atoms with E-state index < -0.39 is 6.03 Å². The van der Waals surface area contributed by atoms with Crippen LogP contribution in [0.2, 0.25) is 0 Å². The molecule has 0 saturated heterocycles. The Balaban J connectivity index is 1.41. The van der Waals surface area contributed by atoms with E-state index in [4.69, 9.17) is 4.74 Å². The molecule has 0 aliphatic heterocycles. The predicted octanol–water partition coefficient (Wildman–Crippen LogP) is 3.62. The van der Waals surface area contributed by atoms with Gasteiger partial charge in [-0.05, 0) is 54.6 Å². The summed E-state index contributed by atoms with van der Waals surface area (Å²) in [5.41, 5.74) is 1.82. The van der Waals surface area contributed by atoms with E-state index in [1.807, 2.05) is 0 Å². The van der Waals surface area contributed by atoms with Crippen LogP contribution >= 0.6 is 0 Å². The Bertz CT molecular complexity index is 885. The second-order valence-corrected chi connectivity index (χ2v) is 5.50. The molecule has 1 heterocycles. The first-order chi connectivity index (χ1) is 13.1. The first kappa shape index (κ1) is 18.2. The lowest BCUT2D eigenvalue weighted by Gasteiger charge is -2.08. The molecule has 0 radical (unpaired) electrons. The van der Waals surface area contributed by atoms with Crippen LogP contribution in [-0.4, -0.2) is 29.4 Å². The molecular weight excluding hydrogens is 354 g/mol. The van der Waals surface area contributed by atoms with E-state index in [2.05, 4.69) is 20.8 Å². The fraction of sp³-hybridized carbons (Fsp3) is 0.105. The lowest BCUT2D eigenvalue weighted by molar-refractivity contribution is 0.246. The summed E-state index contributed by atoms with van der Waals surface area (Å²) >= 11 is 0. The maximum atomic E-state index is 12.9. The molecule has 3 rings (SSSR count).